The predicted molar refractivity (Wildman–Crippen MR) is 78.7 cm³/mol. The molecule has 0 spiro atoms. The molecular weight excluding hydrogens is 282 g/mol. The van der Waals surface area contributed by atoms with Crippen molar-refractivity contribution in [2.75, 3.05) is 6.61 Å². The SMILES string of the molecule is CC1(C)OCC(c2cc(C#Cc3ccc(CO)cc3)on2)O1. The lowest BCUT2D eigenvalue weighted by Crippen LogP contribution is -2.19. The zero-order valence-corrected chi connectivity index (χ0v) is 12.5. The maximum absolute atomic E-state index is 9.00. The van der Waals surface area contributed by atoms with E-state index >= 15 is 0 Å². The molecule has 0 bridgehead atoms. The van der Waals surface area contributed by atoms with Crippen molar-refractivity contribution < 1.29 is 19.1 Å². The van der Waals surface area contributed by atoms with Crippen molar-refractivity contribution in [1.29, 1.82) is 0 Å². The molecule has 1 aliphatic heterocycles. The van der Waals surface area contributed by atoms with Crippen molar-refractivity contribution in [3.63, 3.8) is 0 Å². The molecule has 1 fully saturated rings. The van der Waals surface area contributed by atoms with E-state index < -0.39 is 5.79 Å². The predicted octanol–water partition coefficient (Wildman–Crippen LogP) is 2.39. The number of hydrogen-bond acceptors (Lipinski definition) is 5. The summed E-state index contributed by atoms with van der Waals surface area (Å²) in [5.74, 6) is 5.81. The van der Waals surface area contributed by atoms with Crippen LogP contribution in [0.5, 0.6) is 0 Å². The van der Waals surface area contributed by atoms with Gasteiger partial charge in [0.15, 0.2) is 5.79 Å². The second-order valence-electron chi connectivity index (χ2n) is 5.54. The van der Waals surface area contributed by atoms with Crippen LogP contribution in [0.1, 0.15) is 42.5 Å². The molecule has 1 aromatic heterocycles. The number of ether oxygens (including phenoxy) is 2. The normalized spacial score (nSPS) is 19.7. The molecule has 0 saturated carbocycles. The highest BCUT2D eigenvalue weighted by atomic mass is 16.7. The first-order valence-corrected chi connectivity index (χ1v) is 7.06. The van der Waals surface area contributed by atoms with Gasteiger partial charge in [0.2, 0.25) is 5.76 Å². The standard InChI is InChI=1S/C17H17NO4/c1-17(2)20-11-16(21-17)15-9-14(22-18-15)8-7-12-3-5-13(10-19)6-4-12/h3-6,9,16,19H,10-11H2,1-2H3. The maximum atomic E-state index is 9.00. The minimum Gasteiger partial charge on any atom is -0.392 e. The van der Waals surface area contributed by atoms with Crippen molar-refractivity contribution in [3.8, 4) is 11.8 Å². The van der Waals surface area contributed by atoms with Crippen LogP contribution in [0.25, 0.3) is 0 Å². The van der Waals surface area contributed by atoms with E-state index in [4.69, 9.17) is 19.1 Å². The first kappa shape index (κ1) is 14.8. The van der Waals surface area contributed by atoms with Crippen LogP contribution in [0.3, 0.4) is 0 Å². The van der Waals surface area contributed by atoms with Crippen LogP contribution < -0.4 is 0 Å². The molecule has 22 heavy (non-hydrogen) atoms. The summed E-state index contributed by atoms with van der Waals surface area (Å²) in [6.45, 7) is 4.21. The highest BCUT2D eigenvalue weighted by Gasteiger charge is 2.35. The zero-order valence-electron chi connectivity index (χ0n) is 12.5. The van der Waals surface area contributed by atoms with Gasteiger partial charge in [-0.05, 0) is 37.5 Å². The van der Waals surface area contributed by atoms with Crippen molar-refractivity contribution in [1.82, 2.24) is 5.16 Å². The molecule has 1 unspecified atom stereocenters. The summed E-state index contributed by atoms with van der Waals surface area (Å²) in [6.07, 6.45) is -0.224. The van der Waals surface area contributed by atoms with Gasteiger partial charge in [0.25, 0.3) is 0 Å². The first-order valence-electron chi connectivity index (χ1n) is 7.06. The summed E-state index contributed by atoms with van der Waals surface area (Å²) >= 11 is 0. The maximum Gasteiger partial charge on any atom is 0.210 e. The molecule has 2 aromatic rings. The quantitative estimate of drug-likeness (QED) is 0.863. The molecule has 0 radical (unpaired) electrons. The van der Waals surface area contributed by atoms with E-state index in [1.54, 1.807) is 6.07 Å². The Balaban J connectivity index is 1.71. The third kappa shape index (κ3) is 3.37. The Morgan fingerprint density at radius 1 is 1.27 bits per heavy atom. The Kier molecular flexibility index (Phi) is 3.99. The summed E-state index contributed by atoms with van der Waals surface area (Å²) in [4.78, 5) is 0. The Labute approximate surface area is 128 Å². The molecule has 114 valence electrons. The van der Waals surface area contributed by atoms with Gasteiger partial charge in [-0.15, -0.1) is 0 Å². The summed E-state index contributed by atoms with van der Waals surface area (Å²) in [7, 11) is 0. The molecule has 5 heteroatoms. The fourth-order valence-corrected chi connectivity index (χ4v) is 2.16. The fraction of sp³-hybridized carbons (Fsp3) is 0.353. The molecular formula is C17H17NO4. The zero-order chi connectivity index (χ0) is 15.6. The summed E-state index contributed by atoms with van der Waals surface area (Å²) in [6, 6.07) is 9.15. The van der Waals surface area contributed by atoms with Crippen molar-refractivity contribution in [2.24, 2.45) is 0 Å². The molecule has 1 atom stereocenters. The van der Waals surface area contributed by atoms with Gasteiger partial charge in [0.1, 0.15) is 11.8 Å². The number of rotatable bonds is 2. The second kappa shape index (κ2) is 5.93. The number of aromatic nitrogens is 1. The molecule has 1 saturated heterocycles. The van der Waals surface area contributed by atoms with Crippen LogP contribution in [0.4, 0.5) is 0 Å². The average Bonchev–Trinajstić information content (AvgIpc) is 3.12. The van der Waals surface area contributed by atoms with E-state index in [1.807, 2.05) is 38.1 Å². The smallest absolute Gasteiger partial charge is 0.210 e. The molecule has 1 aromatic carbocycles. The van der Waals surface area contributed by atoms with E-state index in [9.17, 15) is 0 Å². The van der Waals surface area contributed by atoms with Gasteiger partial charge in [0, 0.05) is 11.6 Å². The van der Waals surface area contributed by atoms with Crippen LogP contribution in [0.2, 0.25) is 0 Å². The average molecular weight is 299 g/mol. The van der Waals surface area contributed by atoms with Crippen molar-refractivity contribution in [2.45, 2.75) is 32.3 Å². The van der Waals surface area contributed by atoms with Gasteiger partial charge in [-0.2, -0.15) is 0 Å². The lowest BCUT2D eigenvalue weighted by Gasteiger charge is -2.15. The van der Waals surface area contributed by atoms with Crippen molar-refractivity contribution in [3.05, 3.63) is 52.9 Å². The van der Waals surface area contributed by atoms with E-state index in [1.165, 1.54) is 0 Å². The molecule has 2 heterocycles. The number of benzene rings is 1. The highest BCUT2D eigenvalue weighted by molar-refractivity contribution is 5.40. The van der Waals surface area contributed by atoms with E-state index in [0.29, 0.717) is 18.1 Å². The van der Waals surface area contributed by atoms with E-state index in [0.717, 1.165) is 11.1 Å². The Morgan fingerprint density at radius 3 is 2.68 bits per heavy atom. The third-order valence-corrected chi connectivity index (χ3v) is 3.33. The van der Waals surface area contributed by atoms with Gasteiger partial charge < -0.3 is 19.1 Å². The summed E-state index contributed by atoms with van der Waals surface area (Å²) < 4.78 is 16.4. The van der Waals surface area contributed by atoms with Gasteiger partial charge >= 0.3 is 0 Å². The van der Waals surface area contributed by atoms with Crippen LogP contribution in [0.15, 0.2) is 34.9 Å². The Hall–Kier alpha value is -2.13. The number of nitrogens with zero attached hydrogens (tertiary/aromatic N) is 1. The summed E-state index contributed by atoms with van der Waals surface area (Å²) in [5.41, 5.74) is 2.38. The fourth-order valence-electron chi connectivity index (χ4n) is 2.16. The number of aliphatic hydroxyl groups excluding tert-OH is 1. The highest BCUT2D eigenvalue weighted by Crippen LogP contribution is 2.32. The molecule has 3 rings (SSSR count). The van der Waals surface area contributed by atoms with E-state index in [-0.39, 0.29) is 12.7 Å². The van der Waals surface area contributed by atoms with Crippen LogP contribution in [-0.4, -0.2) is 22.7 Å². The van der Waals surface area contributed by atoms with E-state index in [2.05, 4.69) is 17.0 Å². The molecule has 1 N–H and O–H groups in total. The lowest BCUT2D eigenvalue weighted by atomic mass is 10.1. The van der Waals surface area contributed by atoms with Crippen LogP contribution >= 0.6 is 0 Å². The van der Waals surface area contributed by atoms with Gasteiger partial charge in [-0.1, -0.05) is 23.2 Å². The number of hydrogen-bond donors (Lipinski definition) is 1. The Bertz CT molecular complexity index is 706. The van der Waals surface area contributed by atoms with Gasteiger partial charge in [-0.3, -0.25) is 0 Å². The second-order valence-corrected chi connectivity index (χ2v) is 5.54. The minimum absolute atomic E-state index is 0.0268. The van der Waals surface area contributed by atoms with Crippen molar-refractivity contribution >= 4 is 0 Å². The largest absolute Gasteiger partial charge is 0.392 e. The van der Waals surface area contributed by atoms with Crippen LogP contribution in [-0.2, 0) is 16.1 Å². The monoisotopic (exact) mass is 299 g/mol. The van der Waals surface area contributed by atoms with Gasteiger partial charge in [-0.25, -0.2) is 0 Å². The van der Waals surface area contributed by atoms with Crippen LogP contribution in [0, 0.1) is 11.8 Å². The number of aliphatic hydroxyl groups is 1. The first-order chi connectivity index (χ1) is 10.6. The lowest BCUT2D eigenvalue weighted by molar-refractivity contribution is -0.139. The topological polar surface area (TPSA) is 64.7 Å². The molecule has 0 aliphatic carbocycles. The molecule has 5 nitrogen and oxygen atoms in total. The third-order valence-electron chi connectivity index (χ3n) is 3.33. The summed E-state index contributed by atoms with van der Waals surface area (Å²) in [5, 5.41) is 13.0. The van der Waals surface area contributed by atoms with Gasteiger partial charge in [0.05, 0.1) is 13.2 Å². The minimum atomic E-state index is -0.593. The Morgan fingerprint density at radius 2 is 2.05 bits per heavy atom. The molecule has 1 aliphatic rings. The molecule has 0 amide bonds.